The molecule has 2 rings (SSSR count). The van der Waals surface area contributed by atoms with Gasteiger partial charge < -0.3 is 10.6 Å². The smallest absolute Gasteiger partial charge is 0.240 e. The van der Waals surface area contributed by atoms with Gasteiger partial charge in [0.2, 0.25) is 11.8 Å². The molecule has 8 heteroatoms. The second-order valence-electron chi connectivity index (χ2n) is 5.85. The molecule has 142 valence electrons. The molecule has 27 heavy (non-hydrogen) atoms. The minimum Gasteiger partial charge on any atom is -0.357 e. The third kappa shape index (κ3) is 7.41. The number of benzene rings is 2. The Morgan fingerprint density at radius 1 is 1.04 bits per heavy atom. The zero-order chi connectivity index (χ0) is 19.6. The fourth-order valence-electron chi connectivity index (χ4n) is 2.37. The average molecular weight is 388 g/mol. The molecular formula is C19H21FN4O2S. The van der Waals surface area contributed by atoms with E-state index >= 15 is 0 Å². The Balaban J connectivity index is 1.80. The van der Waals surface area contributed by atoms with Crippen molar-refractivity contribution in [2.24, 2.45) is 0 Å². The number of carbonyl (C=O) groups is 2. The molecule has 0 unspecified atom stereocenters. The van der Waals surface area contributed by atoms with Crippen LogP contribution in [0, 0.1) is 5.82 Å². The van der Waals surface area contributed by atoms with Crippen LogP contribution in [-0.4, -0.2) is 16.9 Å². The van der Waals surface area contributed by atoms with E-state index in [9.17, 15) is 14.0 Å². The third-order valence-corrected chi connectivity index (χ3v) is 3.90. The molecule has 2 amide bonds. The number of thiocarbonyl (C=S) groups is 1. The lowest BCUT2D eigenvalue weighted by molar-refractivity contribution is -0.123. The molecule has 0 fully saturated rings. The van der Waals surface area contributed by atoms with E-state index in [1.807, 2.05) is 30.3 Å². The number of rotatable bonds is 6. The molecule has 0 aromatic heterocycles. The first-order valence-corrected chi connectivity index (χ1v) is 8.74. The Morgan fingerprint density at radius 3 is 2.33 bits per heavy atom. The summed E-state index contributed by atoms with van der Waals surface area (Å²) >= 11 is 5.09. The first-order valence-electron chi connectivity index (χ1n) is 8.33. The van der Waals surface area contributed by atoms with Crippen molar-refractivity contribution in [2.45, 2.75) is 25.9 Å². The molecular weight excluding hydrogens is 367 g/mol. The minimum atomic E-state index is -0.439. The topological polar surface area (TPSA) is 82.3 Å². The standard InChI is InChI=1S/C19H21FN4O2S/c1-13(25)22-17(15-5-3-2-4-6-15)11-18(26)23-24-19(27)21-12-14-7-9-16(20)10-8-14/h2-10,17H,11-12H2,1H3,(H,22,25)(H,23,26)(H2,21,24,27)/t17-/m1/s1. The van der Waals surface area contributed by atoms with Crippen LogP contribution in [0.1, 0.15) is 30.5 Å². The Kier molecular flexibility index (Phi) is 7.69. The Bertz CT molecular complexity index is 784. The summed E-state index contributed by atoms with van der Waals surface area (Å²) in [6.45, 7) is 1.79. The predicted octanol–water partition coefficient (Wildman–Crippen LogP) is 2.09. The highest BCUT2D eigenvalue weighted by atomic mass is 32.1. The van der Waals surface area contributed by atoms with Crippen LogP contribution in [-0.2, 0) is 16.1 Å². The lowest BCUT2D eigenvalue weighted by Crippen LogP contribution is -2.47. The number of amides is 2. The van der Waals surface area contributed by atoms with Crippen molar-refractivity contribution in [1.29, 1.82) is 0 Å². The fourth-order valence-corrected chi connectivity index (χ4v) is 2.50. The van der Waals surface area contributed by atoms with Gasteiger partial charge in [-0.05, 0) is 35.5 Å². The highest BCUT2D eigenvalue weighted by Gasteiger charge is 2.16. The largest absolute Gasteiger partial charge is 0.357 e. The maximum absolute atomic E-state index is 12.9. The zero-order valence-corrected chi connectivity index (χ0v) is 15.6. The van der Waals surface area contributed by atoms with E-state index in [1.165, 1.54) is 19.1 Å². The number of carbonyl (C=O) groups excluding carboxylic acids is 2. The number of nitrogens with one attached hydrogen (secondary N) is 4. The zero-order valence-electron chi connectivity index (χ0n) is 14.8. The lowest BCUT2D eigenvalue weighted by atomic mass is 10.0. The normalized spacial score (nSPS) is 11.2. The Morgan fingerprint density at radius 2 is 1.70 bits per heavy atom. The molecule has 2 aromatic rings. The summed E-state index contributed by atoms with van der Waals surface area (Å²) in [6, 6.07) is 14.8. The van der Waals surface area contributed by atoms with Gasteiger partial charge in [0.25, 0.3) is 0 Å². The van der Waals surface area contributed by atoms with Crippen molar-refractivity contribution >= 4 is 29.1 Å². The summed E-state index contributed by atoms with van der Waals surface area (Å²) in [7, 11) is 0. The first-order chi connectivity index (χ1) is 12.9. The van der Waals surface area contributed by atoms with Crippen molar-refractivity contribution in [3.05, 3.63) is 71.5 Å². The van der Waals surface area contributed by atoms with Gasteiger partial charge in [0, 0.05) is 13.5 Å². The molecule has 0 saturated heterocycles. The average Bonchev–Trinajstić information content (AvgIpc) is 2.66. The van der Waals surface area contributed by atoms with Crippen LogP contribution in [0.2, 0.25) is 0 Å². The molecule has 0 radical (unpaired) electrons. The van der Waals surface area contributed by atoms with Crippen molar-refractivity contribution in [1.82, 2.24) is 21.5 Å². The van der Waals surface area contributed by atoms with E-state index in [2.05, 4.69) is 21.5 Å². The van der Waals surface area contributed by atoms with Gasteiger partial charge in [0.1, 0.15) is 5.82 Å². The highest BCUT2D eigenvalue weighted by molar-refractivity contribution is 7.80. The van der Waals surface area contributed by atoms with Gasteiger partial charge in [-0.3, -0.25) is 20.4 Å². The van der Waals surface area contributed by atoms with Gasteiger partial charge in [-0.2, -0.15) is 0 Å². The van der Waals surface area contributed by atoms with E-state index in [0.717, 1.165) is 11.1 Å². The second kappa shape index (κ2) is 10.2. The van der Waals surface area contributed by atoms with E-state index in [-0.39, 0.29) is 29.2 Å². The molecule has 0 aliphatic heterocycles. The first kappa shape index (κ1) is 20.3. The molecule has 0 aliphatic rings. The van der Waals surface area contributed by atoms with Gasteiger partial charge in [-0.15, -0.1) is 0 Å². The summed E-state index contributed by atoms with van der Waals surface area (Å²) < 4.78 is 12.9. The van der Waals surface area contributed by atoms with Crippen LogP contribution in [0.15, 0.2) is 54.6 Å². The van der Waals surface area contributed by atoms with Crippen molar-refractivity contribution < 1.29 is 14.0 Å². The van der Waals surface area contributed by atoms with Crippen LogP contribution in [0.5, 0.6) is 0 Å². The van der Waals surface area contributed by atoms with Gasteiger partial charge in [-0.1, -0.05) is 42.5 Å². The summed E-state index contributed by atoms with van der Waals surface area (Å²) in [5, 5.41) is 5.89. The van der Waals surface area contributed by atoms with Gasteiger partial charge in [0.05, 0.1) is 12.5 Å². The number of halogens is 1. The van der Waals surface area contributed by atoms with E-state index < -0.39 is 6.04 Å². The summed E-state index contributed by atoms with van der Waals surface area (Å²) in [6.07, 6.45) is 0.0527. The van der Waals surface area contributed by atoms with E-state index in [1.54, 1.807) is 12.1 Å². The predicted molar refractivity (Wildman–Crippen MR) is 105 cm³/mol. The number of hydrogen-bond acceptors (Lipinski definition) is 3. The molecule has 0 spiro atoms. The van der Waals surface area contributed by atoms with Crippen molar-refractivity contribution in [3.63, 3.8) is 0 Å². The van der Waals surface area contributed by atoms with E-state index in [4.69, 9.17) is 12.2 Å². The van der Waals surface area contributed by atoms with Crippen molar-refractivity contribution in [3.8, 4) is 0 Å². The second-order valence-corrected chi connectivity index (χ2v) is 6.26. The van der Waals surface area contributed by atoms with E-state index in [0.29, 0.717) is 6.54 Å². The number of hydrazine groups is 1. The Labute approximate surface area is 162 Å². The molecule has 4 N–H and O–H groups in total. The monoisotopic (exact) mass is 388 g/mol. The minimum absolute atomic E-state index is 0.0527. The quantitative estimate of drug-likeness (QED) is 0.450. The molecule has 0 aliphatic carbocycles. The van der Waals surface area contributed by atoms with Gasteiger partial charge >= 0.3 is 0 Å². The summed E-state index contributed by atoms with van der Waals surface area (Å²) in [4.78, 5) is 23.6. The Hall–Kier alpha value is -3.00. The number of hydrogen-bond donors (Lipinski definition) is 4. The highest BCUT2D eigenvalue weighted by Crippen LogP contribution is 2.16. The van der Waals surface area contributed by atoms with Crippen LogP contribution in [0.4, 0.5) is 4.39 Å². The molecule has 0 bridgehead atoms. The molecule has 6 nitrogen and oxygen atoms in total. The van der Waals surface area contributed by atoms with Crippen LogP contribution >= 0.6 is 12.2 Å². The third-order valence-electron chi connectivity index (χ3n) is 3.65. The fraction of sp³-hybridized carbons (Fsp3) is 0.211. The van der Waals surface area contributed by atoms with Gasteiger partial charge in [0.15, 0.2) is 5.11 Å². The van der Waals surface area contributed by atoms with Crippen LogP contribution in [0.25, 0.3) is 0 Å². The van der Waals surface area contributed by atoms with Crippen LogP contribution in [0.3, 0.4) is 0 Å². The molecule has 0 heterocycles. The molecule has 2 aromatic carbocycles. The molecule has 1 atom stereocenters. The molecule has 0 saturated carbocycles. The van der Waals surface area contributed by atoms with Gasteiger partial charge in [-0.25, -0.2) is 4.39 Å². The maximum Gasteiger partial charge on any atom is 0.240 e. The summed E-state index contributed by atoms with van der Waals surface area (Å²) in [5.74, 6) is -0.858. The SMILES string of the molecule is CC(=O)N[C@H](CC(=O)NNC(=S)NCc1ccc(F)cc1)c1ccccc1. The van der Waals surface area contributed by atoms with Crippen molar-refractivity contribution in [2.75, 3.05) is 0 Å². The summed E-state index contributed by atoms with van der Waals surface area (Å²) in [5.41, 5.74) is 6.79. The van der Waals surface area contributed by atoms with Crippen LogP contribution < -0.4 is 21.5 Å². The maximum atomic E-state index is 12.9. The lowest BCUT2D eigenvalue weighted by Gasteiger charge is -2.18.